The van der Waals surface area contributed by atoms with E-state index in [9.17, 15) is 0 Å². The molecule has 3 nitrogen and oxygen atoms in total. The summed E-state index contributed by atoms with van der Waals surface area (Å²) in [4.78, 5) is 0. The van der Waals surface area contributed by atoms with Crippen molar-refractivity contribution in [2.45, 2.75) is 12.0 Å². The standard InChI is InChI=1S/C16H14O3/c1-17-10-6-7-12-15(8-10)18-9-13-11-4-2-3-5-14(11)19-16(12)13/h2-8,13,16H,9H2,1H3/t13-,16-/m0/s1. The van der Waals surface area contributed by atoms with Crippen LogP contribution in [0.4, 0.5) is 0 Å². The predicted octanol–water partition coefficient (Wildman–Crippen LogP) is 3.30. The van der Waals surface area contributed by atoms with Gasteiger partial charge in [0.1, 0.15) is 23.4 Å². The van der Waals surface area contributed by atoms with Gasteiger partial charge >= 0.3 is 0 Å². The summed E-state index contributed by atoms with van der Waals surface area (Å²) in [6, 6.07) is 14.1. The molecule has 2 aliphatic rings. The number of hydrogen-bond donors (Lipinski definition) is 0. The van der Waals surface area contributed by atoms with Crippen molar-refractivity contribution < 1.29 is 14.2 Å². The number of rotatable bonds is 1. The molecule has 0 saturated carbocycles. The van der Waals surface area contributed by atoms with Gasteiger partial charge in [0.15, 0.2) is 0 Å². The molecule has 0 fully saturated rings. The lowest BCUT2D eigenvalue weighted by atomic mass is 9.89. The van der Waals surface area contributed by atoms with Gasteiger partial charge in [-0.2, -0.15) is 0 Å². The minimum atomic E-state index is 0.0621. The molecule has 2 atom stereocenters. The maximum absolute atomic E-state index is 6.09. The number of hydrogen-bond acceptors (Lipinski definition) is 3. The number of fused-ring (bicyclic) bond motifs is 5. The molecule has 2 heterocycles. The fraction of sp³-hybridized carbons (Fsp3) is 0.250. The van der Waals surface area contributed by atoms with Gasteiger partial charge < -0.3 is 14.2 Å². The normalized spacial score (nSPS) is 22.6. The van der Waals surface area contributed by atoms with E-state index in [0.717, 1.165) is 22.8 Å². The molecule has 0 aliphatic carbocycles. The summed E-state index contributed by atoms with van der Waals surface area (Å²) in [6.07, 6.45) is 0.0621. The maximum Gasteiger partial charge on any atom is 0.138 e. The summed E-state index contributed by atoms with van der Waals surface area (Å²) in [5, 5.41) is 0. The highest BCUT2D eigenvalue weighted by Gasteiger charge is 2.40. The van der Waals surface area contributed by atoms with Crippen molar-refractivity contribution in [3.63, 3.8) is 0 Å². The fourth-order valence-electron chi connectivity index (χ4n) is 2.91. The average molecular weight is 254 g/mol. The van der Waals surface area contributed by atoms with Crippen molar-refractivity contribution in [2.75, 3.05) is 13.7 Å². The highest BCUT2D eigenvalue weighted by Crippen LogP contribution is 2.51. The maximum atomic E-state index is 6.09. The second-order valence-corrected chi connectivity index (χ2v) is 4.90. The zero-order valence-corrected chi connectivity index (χ0v) is 10.6. The van der Waals surface area contributed by atoms with Gasteiger partial charge in [0.2, 0.25) is 0 Å². The third-order valence-corrected chi connectivity index (χ3v) is 3.88. The molecule has 2 aromatic rings. The lowest BCUT2D eigenvalue weighted by molar-refractivity contribution is 0.139. The number of methoxy groups -OCH3 is 1. The van der Waals surface area contributed by atoms with Crippen molar-refractivity contribution >= 4 is 0 Å². The van der Waals surface area contributed by atoms with Crippen molar-refractivity contribution in [3.05, 3.63) is 53.6 Å². The van der Waals surface area contributed by atoms with E-state index < -0.39 is 0 Å². The van der Waals surface area contributed by atoms with Gasteiger partial charge in [-0.3, -0.25) is 0 Å². The molecule has 0 saturated heterocycles. The van der Waals surface area contributed by atoms with E-state index in [1.54, 1.807) is 7.11 Å². The van der Waals surface area contributed by atoms with Crippen molar-refractivity contribution in [1.82, 2.24) is 0 Å². The van der Waals surface area contributed by atoms with Crippen molar-refractivity contribution in [3.8, 4) is 17.2 Å². The molecule has 19 heavy (non-hydrogen) atoms. The van der Waals surface area contributed by atoms with Crippen LogP contribution in [0.3, 0.4) is 0 Å². The number of benzene rings is 2. The molecule has 3 heteroatoms. The molecular weight excluding hydrogens is 240 g/mol. The summed E-state index contributed by atoms with van der Waals surface area (Å²) in [6.45, 7) is 0.655. The van der Waals surface area contributed by atoms with Crippen LogP contribution in [0, 0.1) is 0 Å². The third kappa shape index (κ3) is 1.51. The Bertz CT molecular complexity index is 636. The first-order valence-corrected chi connectivity index (χ1v) is 6.43. The molecule has 96 valence electrons. The second kappa shape index (κ2) is 3.92. The van der Waals surface area contributed by atoms with Crippen molar-refractivity contribution in [1.29, 1.82) is 0 Å². The first kappa shape index (κ1) is 10.7. The molecule has 2 aromatic carbocycles. The average Bonchev–Trinajstić information content (AvgIpc) is 2.85. The zero-order valence-electron chi connectivity index (χ0n) is 10.6. The Morgan fingerprint density at radius 1 is 1.05 bits per heavy atom. The van der Waals surface area contributed by atoms with Gasteiger partial charge in [-0.15, -0.1) is 0 Å². The molecule has 0 radical (unpaired) electrons. The van der Waals surface area contributed by atoms with E-state index in [-0.39, 0.29) is 12.0 Å². The lowest BCUT2D eigenvalue weighted by Crippen LogP contribution is -2.23. The van der Waals surface area contributed by atoms with E-state index in [1.807, 2.05) is 36.4 Å². The lowest BCUT2D eigenvalue weighted by Gasteiger charge is -2.28. The molecule has 0 unspecified atom stereocenters. The molecule has 0 N–H and O–H groups in total. The molecule has 0 spiro atoms. The summed E-state index contributed by atoms with van der Waals surface area (Å²) in [7, 11) is 1.66. The van der Waals surface area contributed by atoms with Crippen molar-refractivity contribution in [2.24, 2.45) is 0 Å². The van der Waals surface area contributed by atoms with Gasteiger partial charge in [0.05, 0.1) is 19.6 Å². The SMILES string of the molecule is COc1ccc2c(c1)OC[C@H]1c3ccccc3O[C@@H]21. The molecule has 0 aromatic heterocycles. The number of para-hydroxylation sites is 1. The minimum absolute atomic E-state index is 0.0621. The van der Waals surface area contributed by atoms with E-state index in [1.165, 1.54) is 5.56 Å². The second-order valence-electron chi connectivity index (χ2n) is 4.90. The smallest absolute Gasteiger partial charge is 0.138 e. The summed E-state index contributed by atoms with van der Waals surface area (Å²) in [5.41, 5.74) is 2.35. The monoisotopic (exact) mass is 254 g/mol. The van der Waals surface area contributed by atoms with Crippen LogP contribution < -0.4 is 14.2 Å². The summed E-state index contributed by atoms with van der Waals surface area (Å²) in [5.74, 6) is 2.95. The molecule has 0 amide bonds. The molecular formula is C16H14O3. The van der Waals surface area contributed by atoms with Crippen LogP contribution in [0.5, 0.6) is 17.2 Å². The Hall–Kier alpha value is -2.16. The Morgan fingerprint density at radius 2 is 1.95 bits per heavy atom. The van der Waals surface area contributed by atoms with Crippen LogP contribution in [0.1, 0.15) is 23.1 Å². The molecule has 0 bridgehead atoms. The van der Waals surface area contributed by atoms with Gasteiger partial charge in [0.25, 0.3) is 0 Å². The van der Waals surface area contributed by atoms with E-state index in [4.69, 9.17) is 14.2 Å². The Morgan fingerprint density at radius 3 is 2.84 bits per heavy atom. The van der Waals surface area contributed by atoms with Gasteiger partial charge in [-0.1, -0.05) is 18.2 Å². The van der Waals surface area contributed by atoms with Crippen LogP contribution in [-0.4, -0.2) is 13.7 Å². The predicted molar refractivity (Wildman–Crippen MR) is 71.0 cm³/mol. The Labute approximate surface area is 111 Å². The van der Waals surface area contributed by atoms with E-state index in [2.05, 4.69) is 6.07 Å². The van der Waals surface area contributed by atoms with Crippen LogP contribution in [-0.2, 0) is 0 Å². The minimum Gasteiger partial charge on any atom is -0.497 e. The molecule has 4 rings (SSSR count). The van der Waals surface area contributed by atoms with Crippen LogP contribution >= 0.6 is 0 Å². The quantitative estimate of drug-likeness (QED) is 0.781. The zero-order chi connectivity index (χ0) is 12.8. The number of ether oxygens (including phenoxy) is 3. The highest BCUT2D eigenvalue weighted by atomic mass is 16.5. The first-order chi connectivity index (χ1) is 9.36. The molecule has 2 aliphatic heterocycles. The van der Waals surface area contributed by atoms with E-state index >= 15 is 0 Å². The van der Waals surface area contributed by atoms with Gasteiger partial charge in [0, 0.05) is 17.2 Å². The van der Waals surface area contributed by atoms with Gasteiger partial charge in [-0.25, -0.2) is 0 Å². The fourth-order valence-corrected chi connectivity index (χ4v) is 2.91. The highest BCUT2D eigenvalue weighted by molar-refractivity contribution is 5.50. The summed E-state index contributed by atoms with van der Waals surface area (Å²) >= 11 is 0. The topological polar surface area (TPSA) is 27.7 Å². The van der Waals surface area contributed by atoms with E-state index in [0.29, 0.717) is 6.61 Å². The third-order valence-electron chi connectivity index (χ3n) is 3.88. The first-order valence-electron chi connectivity index (χ1n) is 6.43. The van der Waals surface area contributed by atoms with Gasteiger partial charge in [-0.05, 0) is 18.2 Å². The van der Waals surface area contributed by atoms with Crippen LogP contribution in [0.15, 0.2) is 42.5 Å². The Kier molecular flexibility index (Phi) is 2.21. The Balaban J connectivity index is 1.78. The largest absolute Gasteiger partial charge is 0.497 e. The van der Waals surface area contributed by atoms with Crippen LogP contribution in [0.2, 0.25) is 0 Å². The summed E-state index contributed by atoms with van der Waals surface area (Å²) < 4.78 is 17.2. The van der Waals surface area contributed by atoms with Crippen LogP contribution in [0.25, 0.3) is 0 Å².